The molecule has 1 fully saturated rings. The van der Waals surface area contributed by atoms with Gasteiger partial charge in [-0.25, -0.2) is 0 Å². The molecule has 1 unspecified atom stereocenters. The first-order valence-corrected chi connectivity index (χ1v) is 6.12. The molecule has 1 atom stereocenters. The van der Waals surface area contributed by atoms with Crippen molar-refractivity contribution in [3.63, 3.8) is 0 Å². The molecule has 1 aliphatic heterocycles. The van der Waals surface area contributed by atoms with E-state index in [1.165, 1.54) is 0 Å². The Morgan fingerprint density at radius 3 is 2.54 bits per heavy atom. The molecule has 0 saturated carbocycles. The zero-order valence-electron chi connectivity index (χ0n) is 8.24. The van der Waals surface area contributed by atoms with E-state index >= 15 is 0 Å². The van der Waals surface area contributed by atoms with Crippen LogP contribution in [0.25, 0.3) is 0 Å². The summed E-state index contributed by atoms with van der Waals surface area (Å²) in [7, 11) is -3.33. The third-order valence-corrected chi connectivity index (χ3v) is 2.59. The van der Waals surface area contributed by atoms with Crippen LogP contribution in [0.3, 0.4) is 0 Å². The molecule has 1 heterocycles. The van der Waals surface area contributed by atoms with Gasteiger partial charge in [0.15, 0.2) is 0 Å². The SMILES string of the molecule is CC1(C)CCC(COS(C)(=O)=O)O1. The van der Waals surface area contributed by atoms with Gasteiger partial charge in [-0.2, -0.15) is 8.42 Å². The lowest BCUT2D eigenvalue weighted by Crippen LogP contribution is -2.23. The Bertz CT molecular complexity index is 268. The van der Waals surface area contributed by atoms with E-state index in [0.717, 1.165) is 19.1 Å². The minimum atomic E-state index is -3.33. The summed E-state index contributed by atoms with van der Waals surface area (Å²) in [5, 5.41) is 0. The maximum atomic E-state index is 10.7. The molecule has 0 aliphatic carbocycles. The van der Waals surface area contributed by atoms with Crippen molar-refractivity contribution >= 4 is 10.1 Å². The second kappa shape index (κ2) is 3.55. The Labute approximate surface area is 79.3 Å². The maximum Gasteiger partial charge on any atom is 0.264 e. The molecule has 0 N–H and O–H groups in total. The lowest BCUT2D eigenvalue weighted by Gasteiger charge is -2.18. The van der Waals surface area contributed by atoms with Crippen LogP contribution in [0.2, 0.25) is 0 Å². The summed E-state index contributed by atoms with van der Waals surface area (Å²) < 4.78 is 31.6. The van der Waals surface area contributed by atoms with E-state index in [0.29, 0.717) is 0 Å². The number of ether oxygens (including phenoxy) is 1. The van der Waals surface area contributed by atoms with Crippen molar-refractivity contribution in [3.05, 3.63) is 0 Å². The van der Waals surface area contributed by atoms with Crippen molar-refractivity contribution < 1.29 is 17.3 Å². The number of hydrogen-bond acceptors (Lipinski definition) is 4. The third-order valence-electron chi connectivity index (χ3n) is 2.02. The summed E-state index contributed by atoms with van der Waals surface area (Å²) in [6, 6.07) is 0. The zero-order valence-corrected chi connectivity index (χ0v) is 9.06. The molecular weight excluding hydrogens is 192 g/mol. The normalized spacial score (nSPS) is 27.8. The van der Waals surface area contributed by atoms with Gasteiger partial charge < -0.3 is 4.74 Å². The molecule has 5 heteroatoms. The minimum Gasteiger partial charge on any atom is -0.370 e. The van der Waals surface area contributed by atoms with E-state index in [2.05, 4.69) is 4.18 Å². The molecule has 1 rings (SSSR count). The van der Waals surface area contributed by atoms with Gasteiger partial charge in [-0.05, 0) is 26.7 Å². The highest BCUT2D eigenvalue weighted by atomic mass is 32.2. The molecule has 0 amide bonds. The molecule has 0 aromatic carbocycles. The third kappa shape index (κ3) is 4.06. The van der Waals surface area contributed by atoms with Gasteiger partial charge in [-0.1, -0.05) is 0 Å². The van der Waals surface area contributed by atoms with Crippen LogP contribution in [-0.4, -0.2) is 33.0 Å². The van der Waals surface area contributed by atoms with Crippen LogP contribution >= 0.6 is 0 Å². The number of rotatable bonds is 3. The first-order valence-electron chi connectivity index (χ1n) is 4.31. The topological polar surface area (TPSA) is 52.6 Å². The van der Waals surface area contributed by atoms with E-state index < -0.39 is 10.1 Å². The molecule has 1 aliphatic rings. The molecule has 0 radical (unpaired) electrons. The van der Waals surface area contributed by atoms with E-state index in [1.54, 1.807) is 0 Å². The molecule has 0 aromatic heterocycles. The van der Waals surface area contributed by atoms with Gasteiger partial charge in [-0.15, -0.1) is 0 Å². The van der Waals surface area contributed by atoms with Gasteiger partial charge in [0, 0.05) is 0 Å². The Hall–Kier alpha value is -0.130. The molecule has 4 nitrogen and oxygen atoms in total. The molecule has 0 aromatic rings. The molecule has 13 heavy (non-hydrogen) atoms. The highest BCUT2D eigenvalue weighted by Gasteiger charge is 2.32. The summed E-state index contributed by atoms with van der Waals surface area (Å²) in [6.45, 7) is 4.13. The van der Waals surface area contributed by atoms with E-state index in [1.807, 2.05) is 13.8 Å². The summed E-state index contributed by atoms with van der Waals surface area (Å²) >= 11 is 0. The highest BCUT2D eigenvalue weighted by Crippen LogP contribution is 2.29. The summed E-state index contributed by atoms with van der Waals surface area (Å²) in [4.78, 5) is 0. The predicted octanol–water partition coefficient (Wildman–Crippen LogP) is 0.920. The second-order valence-electron chi connectivity index (χ2n) is 4.03. The average molecular weight is 208 g/mol. The summed E-state index contributed by atoms with van der Waals surface area (Å²) in [5.41, 5.74) is -0.133. The lowest BCUT2D eigenvalue weighted by molar-refractivity contribution is -0.0317. The van der Waals surface area contributed by atoms with Gasteiger partial charge >= 0.3 is 0 Å². The molecule has 78 valence electrons. The average Bonchev–Trinajstić information content (AvgIpc) is 2.24. The highest BCUT2D eigenvalue weighted by molar-refractivity contribution is 7.85. The standard InChI is InChI=1S/C8H16O4S/c1-8(2)5-4-7(12-8)6-11-13(3,9)10/h7H,4-6H2,1-3H3. The molecule has 1 saturated heterocycles. The number of hydrogen-bond donors (Lipinski definition) is 0. The smallest absolute Gasteiger partial charge is 0.264 e. The maximum absolute atomic E-state index is 10.7. The van der Waals surface area contributed by atoms with Crippen LogP contribution in [0, 0.1) is 0 Å². The van der Waals surface area contributed by atoms with Crippen molar-refractivity contribution in [3.8, 4) is 0 Å². The van der Waals surface area contributed by atoms with Crippen LogP contribution in [0.1, 0.15) is 26.7 Å². The Morgan fingerprint density at radius 2 is 2.15 bits per heavy atom. The fourth-order valence-electron chi connectivity index (χ4n) is 1.39. The van der Waals surface area contributed by atoms with Gasteiger partial charge in [0.05, 0.1) is 24.6 Å². The zero-order chi connectivity index (χ0) is 10.1. The second-order valence-corrected chi connectivity index (χ2v) is 5.67. The van der Waals surface area contributed by atoms with Crippen molar-refractivity contribution in [2.45, 2.75) is 38.4 Å². The molecular formula is C8H16O4S. The molecule has 0 bridgehead atoms. The Morgan fingerprint density at radius 1 is 1.54 bits per heavy atom. The van der Waals surface area contributed by atoms with E-state index in [4.69, 9.17) is 4.74 Å². The summed E-state index contributed by atoms with van der Waals surface area (Å²) in [6.07, 6.45) is 2.78. The van der Waals surface area contributed by atoms with E-state index in [-0.39, 0.29) is 18.3 Å². The summed E-state index contributed by atoms with van der Waals surface area (Å²) in [5.74, 6) is 0. The van der Waals surface area contributed by atoms with Crippen LogP contribution in [0.5, 0.6) is 0 Å². The van der Waals surface area contributed by atoms with Crippen LogP contribution < -0.4 is 0 Å². The Kier molecular flexibility index (Phi) is 2.99. The van der Waals surface area contributed by atoms with Crippen molar-refractivity contribution in [2.24, 2.45) is 0 Å². The van der Waals surface area contributed by atoms with Gasteiger partial charge in [0.1, 0.15) is 0 Å². The van der Waals surface area contributed by atoms with Crippen LogP contribution in [-0.2, 0) is 19.0 Å². The fourth-order valence-corrected chi connectivity index (χ4v) is 1.79. The van der Waals surface area contributed by atoms with Crippen LogP contribution in [0.15, 0.2) is 0 Å². The first kappa shape index (κ1) is 10.9. The van der Waals surface area contributed by atoms with Crippen LogP contribution in [0.4, 0.5) is 0 Å². The first-order chi connectivity index (χ1) is 5.79. The quantitative estimate of drug-likeness (QED) is 0.647. The molecule has 0 spiro atoms. The Balaban J connectivity index is 2.34. The monoisotopic (exact) mass is 208 g/mol. The van der Waals surface area contributed by atoms with Crippen molar-refractivity contribution in [1.82, 2.24) is 0 Å². The fraction of sp³-hybridized carbons (Fsp3) is 1.00. The largest absolute Gasteiger partial charge is 0.370 e. The van der Waals surface area contributed by atoms with Gasteiger partial charge in [0.25, 0.3) is 10.1 Å². The minimum absolute atomic E-state index is 0.0790. The lowest BCUT2D eigenvalue weighted by atomic mass is 10.1. The predicted molar refractivity (Wildman–Crippen MR) is 49.0 cm³/mol. The van der Waals surface area contributed by atoms with Crippen molar-refractivity contribution in [1.29, 1.82) is 0 Å². The van der Waals surface area contributed by atoms with E-state index in [9.17, 15) is 8.42 Å². The van der Waals surface area contributed by atoms with Gasteiger partial charge in [-0.3, -0.25) is 4.18 Å². The van der Waals surface area contributed by atoms with Gasteiger partial charge in [0.2, 0.25) is 0 Å². The van der Waals surface area contributed by atoms with Crippen molar-refractivity contribution in [2.75, 3.05) is 12.9 Å².